The third-order valence-electron chi connectivity index (χ3n) is 3.94. The Morgan fingerprint density at radius 3 is 2.58 bits per heavy atom. The summed E-state index contributed by atoms with van der Waals surface area (Å²) in [7, 11) is 0. The second-order valence-corrected chi connectivity index (χ2v) is 5.35. The van der Waals surface area contributed by atoms with Crippen molar-refractivity contribution >= 4 is 11.6 Å². The second-order valence-electron chi connectivity index (χ2n) is 5.35. The van der Waals surface area contributed by atoms with Crippen LogP contribution < -0.4 is 5.73 Å². The van der Waals surface area contributed by atoms with Gasteiger partial charge in [0.2, 0.25) is 0 Å². The van der Waals surface area contributed by atoms with Gasteiger partial charge >= 0.3 is 0 Å². The van der Waals surface area contributed by atoms with E-state index in [0.717, 1.165) is 12.5 Å². The van der Waals surface area contributed by atoms with Crippen LogP contribution in [0, 0.1) is 23.5 Å². The van der Waals surface area contributed by atoms with Crippen molar-refractivity contribution in [1.82, 2.24) is 4.90 Å². The minimum absolute atomic E-state index is 0.152. The van der Waals surface area contributed by atoms with Crippen molar-refractivity contribution in [2.45, 2.75) is 20.3 Å². The van der Waals surface area contributed by atoms with E-state index in [0.29, 0.717) is 31.0 Å². The molecule has 1 amide bonds. The zero-order chi connectivity index (χ0) is 14.2. The van der Waals surface area contributed by atoms with E-state index in [-0.39, 0.29) is 11.3 Å². The van der Waals surface area contributed by atoms with E-state index >= 15 is 0 Å². The first kappa shape index (κ1) is 13.8. The van der Waals surface area contributed by atoms with Crippen molar-refractivity contribution < 1.29 is 13.6 Å². The molecule has 19 heavy (non-hydrogen) atoms. The highest BCUT2D eigenvalue weighted by Crippen LogP contribution is 2.25. The second kappa shape index (κ2) is 5.15. The van der Waals surface area contributed by atoms with Crippen molar-refractivity contribution in [2.75, 3.05) is 18.8 Å². The van der Waals surface area contributed by atoms with Crippen LogP contribution in [-0.2, 0) is 0 Å². The van der Waals surface area contributed by atoms with Gasteiger partial charge in [-0.15, -0.1) is 0 Å². The van der Waals surface area contributed by atoms with Crippen LogP contribution in [0.4, 0.5) is 14.5 Å². The van der Waals surface area contributed by atoms with Gasteiger partial charge in [0.25, 0.3) is 5.91 Å². The number of halogens is 2. The lowest BCUT2D eigenvalue weighted by Gasteiger charge is -2.35. The quantitative estimate of drug-likeness (QED) is 0.796. The maximum atomic E-state index is 13.7. The fourth-order valence-corrected chi connectivity index (χ4v) is 2.35. The Labute approximate surface area is 111 Å². The van der Waals surface area contributed by atoms with Crippen LogP contribution in [0.3, 0.4) is 0 Å². The first-order valence-corrected chi connectivity index (χ1v) is 6.44. The van der Waals surface area contributed by atoms with Crippen molar-refractivity contribution in [2.24, 2.45) is 11.8 Å². The third kappa shape index (κ3) is 2.69. The Hall–Kier alpha value is -1.65. The molecule has 2 N–H and O–H groups in total. The molecule has 0 radical (unpaired) electrons. The van der Waals surface area contributed by atoms with Gasteiger partial charge in [-0.1, -0.05) is 13.8 Å². The molecule has 0 bridgehead atoms. The summed E-state index contributed by atoms with van der Waals surface area (Å²) in [5.41, 5.74) is 5.04. The number of benzene rings is 1. The molecule has 0 aliphatic carbocycles. The Morgan fingerprint density at radius 2 is 1.95 bits per heavy atom. The zero-order valence-electron chi connectivity index (χ0n) is 11.1. The lowest BCUT2D eigenvalue weighted by atomic mass is 9.88. The molecular weight excluding hydrogens is 250 g/mol. The molecule has 2 unspecified atom stereocenters. The molecule has 1 aromatic carbocycles. The Balaban J connectivity index is 2.23. The number of rotatable bonds is 1. The maximum absolute atomic E-state index is 13.7. The van der Waals surface area contributed by atoms with E-state index in [9.17, 15) is 13.6 Å². The highest BCUT2D eigenvalue weighted by atomic mass is 19.1. The molecule has 1 aliphatic rings. The molecule has 1 heterocycles. The first-order chi connectivity index (χ1) is 8.90. The van der Waals surface area contributed by atoms with E-state index in [1.807, 2.05) is 0 Å². The minimum atomic E-state index is -0.858. The van der Waals surface area contributed by atoms with Gasteiger partial charge in [0.05, 0.1) is 11.3 Å². The molecule has 2 rings (SSSR count). The van der Waals surface area contributed by atoms with Crippen LogP contribution in [0.5, 0.6) is 0 Å². The predicted octanol–water partition coefficient (Wildman–Crippen LogP) is 2.67. The molecule has 1 aliphatic heterocycles. The summed E-state index contributed by atoms with van der Waals surface area (Å²) in [5.74, 6) is -1.19. The standard InChI is InChI=1S/C14H18F2N2O/c1-8-3-4-18(7-9(8)2)14(19)10-5-13(17)12(16)6-11(10)15/h5-6,8-9H,3-4,7,17H2,1-2H3. The number of nitrogens with zero attached hydrogens (tertiary/aromatic N) is 1. The molecule has 1 fully saturated rings. The molecular formula is C14H18F2N2O. The summed E-state index contributed by atoms with van der Waals surface area (Å²) in [6.45, 7) is 5.40. The summed E-state index contributed by atoms with van der Waals surface area (Å²) in [4.78, 5) is 13.9. The average Bonchev–Trinajstić information content (AvgIpc) is 2.36. The fourth-order valence-electron chi connectivity index (χ4n) is 2.35. The average molecular weight is 268 g/mol. The van der Waals surface area contributed by atoms with E-state index in [4.69, 9.17) is 5.73 Å². The zero-order valence-corrected chi connectivity index (χ0v) is 11.1. The topological polar surface area (TPSA) is 46.3 Å². The van der Waals surface area contributed by atoms with Crippen LogP contribution >= 0.6 is 0 Å². The van der Waals surface area contributed by atoms with Crippen LogP contribution in [0.1, 0.15) is 30.6 Å². The number of hydrogen-bond acceptors (Lipinski definition) is 2. The molecule has 1 aromatic rings. The number of nitrogen functional groups attached to an aromatic ring is 1. The van der Waals surface area contributed by atoms with Gasteiger partial charge in [-0.2, -0.15) is 0 Å². The predicted molar refractivity (Wildman–Crippen MR) is 69.6 cm³/mol. The molecule has 1 saturated heterocycles. The number of nitrogens with two attached hydrogens (primary N) is 1. The molecule has 3 nitrogen and oxygen atoms in total. The van der Waals surface area contributed by atoms with Gasteiger partial charge in [0.1, 0.15) is 11.6 Å². The fraction of sp³-hybridized carbons (Fsp3) is 0.500. The van der Waals surface area contributed by atoms with Crippen molar-refractivity contribution in [1.29, 1.82) is 0 Å². The van der Waals surface area contributed by atoms with E-state index in [2.05, 4.69) is 13.8 Å². The van der Waals surface area contributed by atoms with Crippen LogP contribution in [-0.4, -0.2) is 23.9 Å². The number of anilines is 1. The number of carbonyl (C=O) groups is 1. The first-order valence-electron chi connectivity index (χ1n) is 6.44. The Morgan fingerprint density at radius 1 is 1.26 bits per heavy atom. The maximum Gasteiger partial charge on any atom is 0.256 e. The van der Waals surface area contributed by atoms with Gasteiger partial charge in [-0.3, -0.25) is 4.79 Å². The van der Waals surface area contributed by atoms with Gasteiger partial charge in [-0.05, 0) is 24.3 Å². The number of hydrogen-bond donors (Lipinski definition) is 1. The third-order valence-corrected chi connectivity index (χ3v) is 3.94. The van der Waals surface area contributed by atoms with Crippen LogP contribution in [0.15, 0.2) is 12.1 Å². The lowest BCUT2D eigenvalue weighted by molar-refractivity contribution is 0.0623. The minimum Gasteiger partial charge on any atom is -0.396 e. The van der Waals surface area contributed by atoms with E-state index in [1.165, 1.54) is 0 Å². The monoisotopic (exact) mass is 268 g/mol. The van der Waals surface area contributed by atoms with Crippen molar-refractivity contribution in [3.05, 3.63) is 29.3 Å². The molecule has 0 saturated carbocycles. The number of carbonyl (C=O) groups excluding carboxylic acids is 1. The smallest absolute Gasteiger partial charge is 0.256 e. The summed E-state index contributed by atoms with van der Waals surface area (Å²) >= 11 is 0. The Bertz CT molecular complexity index is 504. The number of piperidine rings is 1. The number of likely N-dealkylation sites (tertiary alicyclic amines) is 1. The van der Waals surface area contributed by atoms with E-state index in [1.54, 1.807) is 4.90 Å². The number of amides is 1. The normalized spacial score (nSPS) is 23.5. The van der Waals surface area contributed by atoms with Gasteiger partial charge in [-0.25, -0.2) is 8.78 Å². The molecule has 104 valence electrons. The van der Waals surface area contributed by atoms with Gasteiger partial charge in [0, 0.05) is 19.2 Å². The lowest BCUT2D eigenvalue weighted by Crippen LogP contribution is -2.42. The SMILES string of the molecule is CC1CCN(C(=O)c2cc(N)c(F)cc2F)CC1C. The van der Waals surface area contributed by atoms with Gasteiger partial charge < -0.3 is 10.6 Å². The molecule has 0 spiro atoms. The largest absolute Gasteiger partial charge is 0.396 e. The summed E-state index contributed by atoms with van der Waals surface area (Å²) in [6, 6.07) is 1.74. The Kier molecular flexibility index (Phi) is 3.73. The highest BCUT2D eigenvalue weighted by molar-refractivity contribution is 5.95. The summed E-state index contributed by atoms with van der Waals surface area (Å²) in [6.07, 6.45) is 0.894. The van der Waals surface area contributed by atoms with Crippen molar-refractivity contribution in [3.8, 4) is 0 Å². The van der Waals surface area contributed by atoms with E-state index < -0.39 is 17.5 Å². The van der Waals surface area contributed by atoms with Crippen LogP contribution in [0.25, 0.3) is 0 Å². The molecule has 5 heteroatoms. The highest BCUT2D eigenvalue weighted by Gasteiger charge is 2.28. The molecule has 0 aromatic heterocycles. The molecule has 2 atom stereocenters. The summed E-state index contributed by atoms with van der Waals surface area (Å²) in [5, 5.41) is 0. The van der Waals surface area contributed by atoms with Gasteiger partial charge in [0.15, 0.2) is 0 Å². The van der Waals surface area contributed by atoms with Crippen molar-refractivity contribution in [3.63, 3.8) is 0 Å². The van der Waals surface area contributed by atoms with Crippen LogP contribution in [0.2, 0.25) is 0 Å². The summed E-state index contributed by atoms with van der Waals surface area (Å²) < 4.78 is 26.8.